The van der Waals surface area contributed by atoms with Gasteiger partial charge in [-0.25, -0.2) is 14.4 Å². The summed E-state index contributed by atoms with van der Waals surface area (Å²) in [5.41, 5.74) is 14.1. The van der Waals surface area contributed by atoms with E-state index in [-0.39, 0.29) is 5.82 Å². The highest BCUT2D eigenvalue weighted by molar-refractivity contribution is 9.10. The van der Waals surface area contributed by atoms with Crippen molar-refractivity contribution in [2.24, 2.45) is 10.7 Å². The lowest BCUT2D eigenvalue weighted by Crippen LogP contribution is -2.35. The van der Waals surface area contributed by atoms with E-state index >= 15 is 0 Å². The average molecular weight is 336 g/mol. The third kappa shape index (κ3) is 2.14. The quantitative estimate of drug-likeness (QED) is 0.839. The summed E-state index contributed by atoms with van der Waals surface area (Å²) in [5.74, 6) is 0.0571. The van der Waals surface area contributed by atoms with Gasteiger partial charge >= 0.3 is 0 Å². The zero-order chi connectivity index (χ0) is 14.3. The molecule has 1 unspecified atom stereocenters. The number of halogens is 2. The van der Waals surface area contributed by atoms with Gasteiger partial charge in [-0.1, -0.05) is 0 Å². The van der Waals surface area contributed by atoms with Gasteiger partial charge < -0.3 is 16.4 Å². The maximum atomic E-state index is 13.3. The molecule has 20 heavy (non-hydrogen) atoms. The van der Waals surface area contributed by atoms with Crippen molar-refractivity contribution >= 4 is 39.5 Å². The van der Waals surface area contributed by atoms with Crippen LogP contribution in [0.5, 0.6) is 0 Å². The van der Waals surface area contributed by atoms with Gasteiger partial charge in [-0.2, -0.15) is 0 Å². The van der Waals surface area contributed by atoms with Crippen molar-refractivity contribution in [1.29, 1.82) is 0 Å². The number of aromatic nitrogens is 1. The lowest BCUT2D eigenvalue weighted by atomic mass is 10.1. The number of rotatable bonds is 1. The molecule has 0 amide bonds. The second-order valence-corrected chi connectivity index (χ2v) is 5.22. The number of anilines is 2. The van der Waals surface area contributed by atoms with E-state index in [0.717, 1.165) is 11.3 Å². The fraction of sp³-hybridized carbons (Fsp3) is 0.0769. The Morgan fingerprint density at radius 3 is 2.85 bits per heavy atom. The zero-order valence-electron chi connectivity index (χ0n) is 10.3. The Kier molecular flexibility index (Phi) is 3.15. The number of nitrogens with zero attached hydrogens (tertiary/aromatic N) is 3. The molecule has 1 aliphatic heterocycles. The molecular formula is C13H11BrFN5. The van der Waals surface area contributed by atoms with Gasteiger partial charge in [0.1, 0.15) is 17.8 Å². The number of nitrogen functional groups attached to an aromatic ring is 1. The lowest BCUT2D eigenvalue weighted by Gasteiger charge is -2.31. The number of aliphatic imine (C=N–C) groups is 1. The molecule has 0 saturated carbocycles. The van der Waals surface area contributed by atoms with Crippen molar-refractivity contribution in [1.82, 2.24) is 4.98 Å². The van der Waals surface area contributed by atoms with E-state index < -0.39 is 6.17 Å². The molecule has 5 nitrogen and oxygen atoms in total. The minimum Gasteiger partial charge on any atom is -0.384 e. The molecule has 2 aromatic rings. The molecule has 3 rings (SSSR count). The van der Waals surface area contributed by atoms with E-state index in [0.29, 0.717) is 16.0 Å². The van der Waals surface area contributed by atoms with Crippen molar-refractivity contribution in [2.75, 3.05) is 10.6 Å². The second-order valence-electron chi connectivity index (χ2n) is 4.36. The highest BCUT2D eigenvalue weighted by Gasteiger charge is 2.23. The zero-order valence-corrected chi connectivity index (χ0v) is 11.9. The molecular weight excluding hydrogens is 325 g/mol. The minimum absolute atomic E-state index is 0.329. The second kappa shape index (κ2) is 4.84. The van der Waals surface area contributed by atoms with Crippen LogP contribution < -0.4 is 16.4 Å². The van der Waals surface area contributed by atoms with Crippen LogP contribution in [0.25, 0.3) is 0 Å². The topological polar surface area (TPSA) is 80.5 Å². The standard InChI is InChI=1S/C13H11BrFN5/c14-9-3-7(1-2-10(9)15)20-6-19-11-5-18-12(16)4-8(11)13(20)17/h1-6,13H,17H2,(H2,16,18). The van der Waals surface area contributed by atoms with Crippen LogP contribution in [0.3, 0.4) is 0 Å². The molecule has 0 radical (unpaired) electrons. The SMILES string of the molecule is Nc1cc2c(cn1)N=CN(c1ccc(F)c(Br)c1)C2N. The predicted octanol–water partition coefficient (Wildman–Crippen LogP) is 2.70. The van der Waals surface area contributed by atoms with Gasteiger partial charge in [0.05, 0.1) is 22.7 Å². The molecule has 0 aliphatic carbocycles. The van der Waals surface area contributed by atoms with Crippen LogP contribution in [0.1, 0.15) is 11.7 Å². The third-order valence-electron chi connectivity index (χ3n) is 3.08. The summed E-state index contributed by atoms with van der Waals surface area (Å²) in [4.78, 5) is 10.0. The molecule has 1 aliphatic rings. The first kappa shape index (κ1) is 13.0. The van der Waals surface area contributed by atoms with Crippen LogP contribution in [-0.4, -0.2) is 11.3 Å². The van der Waals surface area contributed by atoms with Gasteiger partial charge in [0, 0.05) is 11.3 Å². The number of benzene rings is 1. The van der Waals surface area contributed by atoms with E-state index in [4.69, 9.17) is 11.5 Å². The average Bonchev–Trinajstić information content (AvgIpc) is 2.43. The Bertz CT molecular complexity index is 703. The van der Waals surface area contributed by atoms with Gasteiger partial charge in [-0.05, 0) is 40.2 Å². The van der Waals surface area contributed by atoms with E-state index in [2.05, 4.69) is 25.9 Å². The molecule has 0 bridgehead atoms. The Morgan fingerprint density at radius 1 is 1.30 bits per heavy atom. The largest absolute Gasteiger partial charge is 0.384 e. The molecule has 1 aromatic carbocycles. The molecule has 0 fully saturated rings. The van der Waals surface area contributed by atoms with Gasteiger partial charge in [0.2, 0.25) is 0 Å². The molecule has 1 aromatic heterocycles. The molecule has 4 N–H and O–H groups in total. The Labute approximate surface area is 123 Å². The van der Waals surface area contributed by atoms with Crippen LogP contribution in [-0.2, 0) is 0 Å². The van der Waals surface area contributed by atoms with E-state index in [1.54, 1.807) is 35.6 Å². The Balaban J connectivity index is 2.03. The maximum absolute atomic E-state index is 13.3. The first-order valence-corrected chi connectivity index (χ1v) is 6.64. The van der Waals surface area contributed by atoms with Gasteiger partial charge in [-0.15, -0.1) is 0 Å². The van der Waals surface area contributed by atoms with Crippen LogP contribution in [0.2, 0.25) is 0 Å². The smallest absolute Gasteiger partial charge is 0.137 e. The summed E-state index contributed by atoms with van der Waals surface area (Å²) in [6.07, 6.45) is 2.73. The number of hydrogen-bond acceptors (Lipinski definition) is 5. The lowest BCUT2D eigenvalue weighted by molar-refractivity contribution is 0.620. The first-order valence-electron chi connectivity index (χ1n) is 5.85. The molecule has 2 heterocycles. The van der Waals surface area contributed by atoms with Crippen molar-refractivity contribution < 1.29 is 4.39 Å². The van der Waals surface area contributed by atoms with Crippen molar-refractivity contribution in [3.8, 4) is 0 Å². The summed E-state index contributed by atoms with van der Waals surface area (Å²) < 4.78 is 13.7. The van der Waals surface area contributed by atoms with Crippen LogP contribution in [0.4, 0.5) is 21.6 Å². The summed E-state index contributed by atoms with van der Waals surface area (Å²) in [6, 6.07) is 6.36. The minimum atomic E-state index is -0.454. The summed E-state index contributed by atoms with van der Waals surface area (Å²) in [7, 11) is 0. The molecule has 102 valence electrons. The third-order valence-corrected chi connectivity index (χ3v) is 3.68. The monoisotopic (exact) mass is 335 g/mol. The van der Waals surface area contributed by atoms with Crippen LogP contribution in [0.15, 0.2) is 39.9 Å². The highest BCUT2D eigenvalue weighted by atomic mass is 79.9. The highest BCUT2D eigenvalue weighted by Crippen LogP contribution is 2.34. The number of pyridine rings is 1. The summed E-state index contributed by atoms with van der Waals surface area (Å²) in [6.45, 7) is 0. The van der Waals surface area contributed by atoms with Crippen molar-refractivity contribution in [2.45, 2.75) is 6.17 Å². The fourth-order valence-corrected chi connectivity index (χ4v) is 2.41. The number of nitrogens with two attached hydrogens (primary N) is 2. The molecule has 1 atom stereocenters. The Hall–Kier alpha value is -1.99. The van der Waals surface area contributed by atoms with Gasteiger partial charge in [-0.3, -0.25) is 0 Å². The van der Waals surface area contributed by atoms with E-state index in [1.807, 2.05) is 0 Å². The number of fused-ring (bicyclic) bond motifs is 1. The van der Waals surface area contributed by atoms with Crippen molar-refractivity contribution in [3.05, 3.63) is 46.3 Å². The van der Waals surface area contributed by atoms with Crippen molar-refractivity contribution in [3.63, 3.8) is 0 Å². The van der Waals surface area contributed by atoms with E-state index in [1.165, 1.54) is 6.07 Å². The van der Waals surface area contributed by atoms with Gasteiger partial charge in [0.15, 0.2) is 0 Å². The maximum Gasteiger partial charge on any atom is 0.137 e. The van der Waals surface area contributed by atoms with Crippen LogP contribution in [0, 0.1) is 5.82 Å². The number of hydrogen-bond donors (Lipinski definition) is 2. The molecule has 0 saturated heterocycles. The van der Waals surface area contributed by atoms with Crippen LogP contribution >= 0.6 is 15.9 Å². The summed E-state index contributed by atoms with van der Waals surface area (Å²) >= 11 is 3.16. The fourth-order valence-electron chi connectivity index (χ4n) is 2.04. The first-order chi connectivity index (χ1) is 9.56. The molecule has 7 heteroatoms. The van der Waals surface area contributed by atoms with E-state index in [9.17, 15) is 4.39 Å². The van der Waals surface area contributed by atoms with Gasteiger partial charge in [0.25, 0.3) is 0 Å². The Morgan fingerprint density at radius 2 is 2.10 bits per heavy atom. The summed E-state index contributed by atoms with van der Waals surface area (Å²) in [5, 5.41) is 0. The molecule has 0 spiro atoms. The normalized spacial score (nSPS) is 17.1. The predicted molar refractivity (Wildman–Crippen MR) is 80.3 cm³/mol.